The number of carbonyl (C=O) groups excluding carboxylic acids is 1. The van der Waals surface area contributed by atoms with Gasteiger partial charge in [0.15, 0.2) is 0 Å². The van der Waals surface area contributed by atoms with Crippen LogP contribution in [0, 0.1) is 0 Å². The number of nitrogens with zero attached hydrogens (tertiary/aromatic N) is 4. The highest BCUT2D eigenvalue weighted by molar-refractivity contribution is 6.30. The lowest BCUT2D eigenvalue weighted by Crippen LogP contribution is -2.49. The van der Waals surface area contributed by atoms with Gasteiger partial charge in [-0.2, -0.15) is 0 Å². The molecule has 0 spiro atoms. The Labute approximate surface area is 190 Å². The molecular weight excluding hydrogens is 430 g/mol. The number of piperazine rings is 1. The molecule has 0 bridgehead atoms. The Morgan fingerprint density at radius 1 is 0.969 bits per heavy atom. The summed E-state index contributed by atoms with van der Waals surface area (Å²) < 4.78 is 2.56. The van der Waals surface area contributed by atoms with Crippen molar-refractivity contribution in [2.75, 3.05) is 44.2 Å². The van der Waals surface area contributed by atoms with Crippen molar-refractivity contribution >= 4 is 34.2 Å². The van der Waals surface area contributed by atoms with E-state index in [0.29, 0.717) is 17.6 Å². The molecule has 1 aliphatic heterocycles. The standard InChI is InChI=1S/C23H26ClN5O3/c1-26-19-7-2-3-8-20(19)29(23(32)22(26)31)16-21(30)25-9-10-27-11-13-28(14-12-27)18-6-4-5-17(24)15-18/h2-8,15H,9-14,16H2,1H3,(H,25,30). The monoisotopic (exact) mass is 455 g/mol. The second-order valence-electron chi connectivity index (χ2n) is 7.90. The fourth-order valence-electron chi connectivity index (χ4n) is 4.07. The molecule has 3 aromatic rings. The highest BCUT2D eigenvalue weighted by Gasteiger charge is 2.18. The van der Waals surface area contributed by atoms with Gasteiger partial charge in [0.1, 0.15) is 6.54 Å². The molecule has 0 aliphatic carbocycles. The summed E-state index contributed by atoms with van der Waals surface area (Å²) in [7, 11) is 1.56. The van der Waals surface area contributed by atoms with E-state index in [-0.39, 0.29) is 12.5 Å². The van der Waals surface area contributed by atoms with Crippen molar-refractivity contribution < 1.29 is 4.79 Å². The van der Waals surface area contributed by atoms with Gasteiger partial charge in [-0.3, -0.25) is 23.9 Å². The third-order valence-electron chi connectivity index (χ3n) is 5.86. The van der Waals surface area contributed by atoms with Crippen molar-refractivity contribution in [2.24, 2.45) is 7.05 Å². The molecular formula is C23H26ClN5O3. The van der Waals surface area contributed by atoms with Crippen LogP contribution in [0.5, 0.6) is 0 Å². The minimum atomic E-state index is -0.696. The van der Waals surface area contributed by atoms with E-state index in [9.17, 15) is 14.4 Å². The summed E-state index contributed by atoms with van der Waals surface area (Å²) in [6.07, 6.45) is 0. The molecule has 2 aromatic carbocycles. The van der Waals surface area contributed by atoms with E-state index in [1.54, 1.807) is 31.3 Å². The summed E-state index contributed by atoms with van der Waals surface area (Å²) in [4.78, 5) is 41.8. The molecule has 9 heteroatoms. The minimum absolute atomic E-state index is 0.183. The fourth-order valence-corrected chi connectivity index (χ4v) is 4.25. The topological polar surface area (TPSA) is 79.6 Å². The van der Waals surface area contributed by atoms with Crippen LogP contribution in [-0.4, -0.2) is 59.2 Å². The third-order valence-corrected chi connectivity index (χ3v) is 6.10. The number of nitrogens with one attached hydrogen (secondary N) is 1. The number of fused-ring (bicyclic) bond motifs is 1. The summed E-state index contributed by atoms with van der Waals surface area (Å²) in [5.41, 5.74) is 0.957. The zero-order chi connectivity index (χ0) is 22.7. The quantitative estimate of drug-likeness (QED) is 0.567. The number of halogens is 1. The van der Waals surface area contributed by atoms with Crippen LogP contribution in [0.4, 0.5) is 5.69 Å². The maximum atomic E-state index is 12.5. The van der Waals surface area contributed by atoms with Gasteiger partial charge in [0, 0.05) is 57.0 Å². The molecule has 0 atom stereocenters. The molecule has 168 valence electrons. The van der Waals surface area contributed by atoms with E-state index < -0.39 is 11.1 Å². The number of anilines is 1. The Morgan fingerprint density at radius 2 is 1.69 bits per heavy atom. The second-order valence-corrected chi connectivity index (χ2v) is 8.34. The molecule has 0 saturated carbocycles. The maximum absolute atomic E-state index is 12.5. The summed E-state index contributed by atoms with van der Waals surface area (Å²) in [5.74, 6) is -0.289. The van der Waals surface area contributed by atoms with Gasteiger partial charge in [0.05, 0.1) is 11.0 Å². The van der Waals surface area contributed by atoms with Crippen molar-refractivity contribution in [1.29, 1.82) is 0 Å². The number of rotatable bonds is 6. The molecule has 4 rings (SSSR count). The van der Waals surface area contributed by atoms with Crippen molar-refractivity contribution in [3.63, 3.8) is 0 Å². The average Bonchev–Trinajstić information content (AvgIpc) is 2.81. The summed E-state index contributed by atoms with van der Waals surface area (Å²) in [5, 5.41) is 3.61. The van der Waals surface area contributed by atoms with Crippen molar-refractivity contribution in [3.8, 4) is 0 Å². The van der Waals surface area contributed by atoms with Crippen molar-refractivity contribution in [2.45, 2.75) is 6.54 Å². The lowest BCUT2D eigenvalue weighted by molar-refractivity contribution is -0.121. The molecule has 1 N–H and O–H groups in total. The van der Waals surface area contributed by atoms with Gasteiger partial charge < -0.3 is 14.8 Å². The third kappa shape index (κ3) is 4.71. The smallest absolute Gasteiger partial charge is 0.317 e. The van der Waals surface area contributed by atoms with Crippen molar-refractivity contribution in [1.82, 2.24) is 19.4 Å². The predicted molar refractivity (Wildman–Crippen MR) is 127 cm³/mol. The van der Waals surface area contributed by atoms with Gasteiger partial charge in [-0.1, -0.05) is 29.8 Å². The van der Waals surface area contributed by atoms with Crippen LogP contribution in [0.15, 0.2) is 58.1 Å². The molecule has 0 radical (unpaired) electrons. The number of aryl methyl sites for hydroxylation is 1. The molecule has 2 heterocycles. The van der Waals surface area contributed by atoms with Gasteiger partial charge in [-0.25, -0.2) is 0 Å². The van der Waals surface area contributed by atoms with Gasteiger partial charge in [-0.05, 0) is 30.3 Å². The number of aromatic nitrogens is 2. The van der Waals surface area contributed by atoms with Crippen LogP contribution in [0.2, 0.25) is 5.02 Å². The lowest BCUT2D eigenvalue weighted by Gasteiger charge is -2.36. The van der Waals surface area contributed by atoms with Gasteiger partial charge in [0.25, 0.3) is 0 Å². The zero-order valence-corrected chi connectivity index (χ0v) is 18.7. The fraction of sp³-hybridized carbons (Fsp3) is 0.348. The number of para-hydroxylation sites is 2. The first-order valence-corrected chi connectivity index (χ1v) is 11.0. The molecule has 1 aromatic heterocycles. The first-order valence-electron chi connectivity index (χ1n) is 10.6. The first kappa shape index (κ1) is 22.1. The largest absolute Gasteiger partial charge is 0.369 e. The van der Waals surface area contributed by atoms with Gasteiger partial charge in [0.2, 0.25) is 5.91 Å². The van der Waals surface area contributed by atoms with Crippen LogP contribution in [-0.2, 0) is 18.4 Å². The lowest BCUT2D eigenvalue weighted by atomic mass is 10.2. The molecule has 1 aliphatic rings. The van der Waals surface area contributed by atoms with Gasteiger partial charge >= 0.3 is 11.1 Å². The SMILES string of the molecule is Cn1c(=O)c(=O)n(CC(=O)NCCN2CCN(c3cccc(Cl)c3)CC2)c2ccccc21. The Morgan fingerprint density at radius 3 is 2.41 bits per heavy atom. The maximum Gasteiger partial charge on any atom is 0.317 e. The van der Waals surface area contributed by atoms with Gasteiger partial charge in [-0.15, -0.1) is 0 Å². The van der Waals surface area contributed by atoms with E-state index in [1.807, 2.05) is 18.2 Å². The Kier molecular flexibility index (Phi) is 6.62. The molecule has 1 amide bonds. The Bertz CT molecular complexity index is 1240. The molecule has 0 unspecified atom stereocenters. The molecule has 32 heavy (non-hydrogen) atoms. The number of benzene rings is 2. The molecule has 1 fully saturated rings. The first-order chi connectivity index (χ1) is 15.4. The molecule has 8 nitrogen and oxygen atoms in total. The van der Waals surface area contributed by atoms with E-state index in [0.717, 1.165) is 43.4 Å². The number of carbonyl (C=O) groups is 1. The number of amides is 1. The van der Waals surface area contributed by atoms with Crippen LogP contribution >= 0.6 is 11.6 Å². The number of hydrogen-bond acceptors (Lipinski definition) is 5. The highest BCUT2D eigenvalue weighted by Crippen LogP contribution is 2.20. The van der Waals surface area contributed by atoms with E-state index in [1.165, 1.54) is 9.13 Å². The molecule has 1 saturated heterocycles. The van der Waals surface area contributed by atoms with Crippen molar-refractivity contribution in [3.05, 3.63) is 74.3 Å². The average molecular weight is 456 g/mol. The minimum Gasteiger partial charge on any atom is -0.369 e. The zero-order valence-electron chi connectivity index (χ0n) is 18.0. The normalized spacial score (nSPS) is 14.6. The van der Waals surface area contributed by atoms with Crippen LogP contribution < -0.4 is 21.3 Å². The van der Waals surface area contributed by atoms with E-state index in [4.69, 9.17) is 11.6 Å². The Balaban J connectivity index is 1.30. The van der Waals surface area contributed by atoms with Crippen LogP contribution in [0.25, 0.3) is 11.0 Å². The summed E-state index contributed by atoms with van der Waals surface area (Å²) >= 11 is 6.09. The second kappa shape index (κ2) is 9.58. The van der Waals surface area contributed by atoms with E-state index >= 15 is 0 Å². The van der Waals surface area contributed by atoms with Crippen LogP contribution in [0.3, 0.4) is 0 Å². The summed E-state index contributed by atoms with van der Waals surface area (Å²) in [6, 6.07) is 14.9. The van der Waals surface area contributed by atoms with E-state index in [2.05, 4.69) is 21.2 Å². The predicted octanol–water partition coefficient (Wildman–Crippen LogP) is 1.29. The number of hydrogen-bond donors (Lipinski definition) is 1. The highest BCUT2D eigenvalue weighted by atomic mass is 35.5. The summed E-state index contributed by atoms with van der Waals surface area (Å²) in [6.45, 7) is 4.58. The Hall–Kier alpha value is -3.10. The van der Waals surface area contributed by atoms with Crippen LogP contribution in [0.1, 0.15) is 0 Å².